The van der Waals surface area contributed by atoms with Crippen LogP contribution in [0.25, 0.3) is 0 Å². The zero-order chi connectivity index (χ0) is 25.9. The summed E-state index contributed by atoms with van der Waals surface area (Å²) in [5.74, 6) is -3.19. The summed E-state index contributed by atoms with van der Waals surface area (Å²) < 4.78 is 0. The lowest BCUT2D eigenvalue weighted by Crippen LogP contribution is -2.50. The SMILES string of the molecule is O=C(c1ccc([N+](=O)[O-])cc1)N(Cc1ccccc1[N+](=O)[O-])N1C(=O)[C@@H]2[C@H]3C[C@@H]([C@H](Br)[C@H]3Br)[C@H]2C1=O. The van der Waals surface area contributed by atoms with E-state index in [9.17, 15) is 34.6 Å². The third-order valence-corrected chi connectivity index (χ3v) is 10.5. The van der Waals surface area contributed by atoms with Crippen molar-refractivity contribution < 1.29 is 24.2 Å². The highest BCUT2D eigenvalue weighted by atomic mass is 79.9. The van der Waals surface area contributed by atoms with Crippen LogP contribution in [-0.2, 0) is 16.1 Å². The predicted octanol–water partition coefficient (Wildman–Crippen LogP) is 3.84. The summed E-state index contributed by atoms with van der Waals surface area (Å²) in [6.07, 6.45) is 0.701. The number of hydrogen-bond donors (Lipinski definition) is 0. The molecule has 11 nitrogen and oxygen atoms in total. The van der Waals surface area contributed by atoms with Gasteiger partial charge in [-0.3, -0.25) is 34.6 Å². The molecular formula is C23H18Br2N4O7. The Kier molecular flexibility index (Phi) is 6.15. The van der Waals surface area contributed by atoms with Crippen LogP contribution < -0.4 is 0 Å². The fourth-order valence-electron chi connectivity index (χ4n) is 5.66. The van der Waals surface area contributed by atoms with Gasteiger partial charge in [-0.05, 0) is 30.4 Å². The highest BCUT2D eigenvalue weighted by Gasteiger charge is 2.67. The van der Waals surface area contributed by atoms with E-state index in [1.54, 1.807) is 6.07 Å². The minimum Gasteiger partial charge on any atom is -0.272 e. The van der Waals surface area contributed by atoms with Crippen molar-refractivity contribution >= 4 is 61.0 Å². The third kappa shape index (κ3) is 3.72. The summed E-state index contributed by atoms with van der Waals surface area (Å²) in [6, 6.07) is 10.5. The molecule has 0 spiro atoms. The lowest BCUT2D eigenvalue weighted by Gasteiger charge is -2.31. The highest BCUT2D eigenvalue weighted by Crippen LogP contribution is 2.60. The molecule has 2 saturated carbocycles. The van der Waals surface area contributed by atoms with Crippen molar-refractivity contribution in [2.24, 2.45) is 23.7 Å². The molecule has 0 N–H and O–H groups in total. The number of rotatable bonds is 6. The van der Waals surface area contributed by atoms with E-state index in [-0.39, 0.29) is 44.0 Å². The summed E-state index contributed by atoms with van der Waals surface area (Å²) >= 11 is 7.25. The summed E-state index contributed by atoms with van der Waals surface area (Å²) in [6.45, 7) is -0.408. The molecule has 0 radical (unpaired) electrons. The van der Waals surface area contributed by atoms with Gasteiger partial charge in [-0.15, -0.1) is 0 Å². The molecule has 0 aromatic heterocycles. The van der Waals surface area contributed by atoms with Gasteiger partial charge in [0, 0.05) is 33.4 Å². The molecule has 6 atom stereocenters. The molecule has 13 heteroatoms. The number of nitrogens with zero attached hydrogens (tertiary/aromatic N) is 4. The number of fused-ring (bicyclic) bond motifs is 5. The van der Waals surface area contributed by atoms with Crippen LogP contribution in [0, 0.1) is 43.9 Å². The molecule has 3 fully saturated rings. The first kappa shape index (κ1) is 24.5. The Labute approximate surface area is 221 Å². The van der Waals surface area contributed by atoms with Crippen LogP contribution in [-0.4, -0.2) is 47.2 Å². The molecule has 1 heterocycles. The Balaban J connectivity index is 1.55. The maximum Gasteiger partial charge on any atom is 0.274 e. The quantitative estimate of drug-likeness (QED) is 0.206. The normalized spacial score (nSPS) is 28.3. The van der Waals surface area contributed by atoms with Gasteiger partial charge in [-0.1, -0.05) is 50.1 Å². The van der Waals surface area contributed by atoms with E-state index in [1.807, 2.05) is 0 Å². The van der Waals surface area contributed by atoms with E-state index in [1.165, 1.54) is 30.3 Å². The van der Waals surface area contributed by atoms with Crippen molar-refractivity contribution in [3.63, 3.8) is 0 Å². The van der Waals surface area contributed by atoms with Gasteiger partial charge in [0.25, 0.3) is 29.1 Å². The fourth-order valence-corrected chi connectivity index (χ4v) is 7.54. The largest absolute Gasteiger partial charge is 0.274 e. The van der Waals surface area contributed by atoms with Crippen molar-refractivity contribution in [1.82, 2.24) is 10.0 Å². The number of hydrogen-bond acceptors (Lipinski definition) is 7. The van der Waals surface area contributed by atoms with Crippen LogP contribution in [0.5, 0.6) is 0 Å². The van der Waals surface area contributed by atoms with Gasteiger partial charge < -0.3 is 0 Å². The maximum atomic E-state index is 13.6. The zero-order valence-electron chi connectivity index (χ0n) is 18.4. The van der Waals surface area contributed by atoms with E-state index in [4.69, 9.17) is 0 Å². The summed E-state index contributed by atoms with van der Waals surface area (Å²) in [7, 11) is 0. The molecule has 186 valence electrons. The second-order valence-electron chi connectivity index (χ2n) is 9.04. The average Bonchev–Trinajstić information content (AvgIpc) is 3.47. The first-order valence-electron chi connectivity index (χ1n) is 11.1. The molecule has 36 heavy (non-hydrogen) atoms. The summed E-state index contributed by atoms with van der Waals surface area (Å²) in [5, 5.41) is 24.4. The minimum absolute atomic E-state index is 0.00319. The second-order valence-corrected chi connectivity index (χ2v) is 11.2. The molecule has 3 amide bonds. The number of non-ortho nitro benzene ring substituents is 1. The molecule has 2 aromatic rings. The lowest BCUT2D eigenvalue weighted by molar-refractivity contribution is -0.385. The smallest absolute Gasteiger partial charge is 0.272 e. The number of benzene rings is 2. The van der Waals surface area contributed by atoms with E-state index >= 15 is 0 Å². The number of imide groups is 1. The van der Waals surface area contributed by atoms with Crippen molar-refractivity contribution in [2.75, 3.05) is 0 Å². The topological polar surface area (TPSA) is 144 Å². The summed E-state index contributed by atoms with van der Waals surface area (Å²) in [4.78, 5) is 62.3. The third-order valence-electron chi connectivity index (χ3n) is 7.27. The molecular weight excluding hydrogens is 604 g/mol. The standard InChI is InChI=1S/C23H18Br2N4O7/c24-19-14-9-15(20(19)25)18-17(14)22(31)27(23(18)32)26(10-12-3-1-2-4-16(12)29(35)36)21(30)11-5-7-13(8-6-11)28(33)34/h1-8,14-15,17-20H,9-10H2/t14-,15-,17-,18-,19+,20+/m1/s1. The van der Waals surface area contributed by atoms with Crippen molar-refractivity contribution in [2.45, 2.75) is 22.6 Å². The molecule has 0 unspecified atom stereocenters. The van der Waals surface area contributed by atoms with Gasteiger partial charge in [-0.2, -0.15) is 5.01 Å². The maximum absolute atomic E-state index is 13.6. The van der Waals surface area contributed by atoms with Gasteiger partial charge in [0.15, 0.2) is 0 Å². The Morgan fingerprint density at radius 3 is 2.00 bits per heavy atom. The van der Waals surface area contributed by atoms with Gasteiger partial charge >= 0.3 is 0 Å². The fraction of sp³-hybridized carbons (Fsp3) is 0.348. The number of amides is 3. The van der Waals surface area contributed by atoms with Crippen LogP contribution in [0.3, 0.4) is 0 Å². The lowest BCUT2D eigenvalue weighted by atomic mass is 9.81. The monoisotopic (exact) mass is 620 g/mol. The number of nitro groups is 2. The van der Waals surface area contributed by atoms with Gasteiger partial charge in [-0.25, -0.2) is 5.01 Å². The number of hydrazine groups is 1. The van der Waals surface area contributed by atoms with Crippen LogP contribution in [0.2, 0.25) is 0 Å². The molecule has 5 rings (SSSR count). The molecule has 2 bridgehead atoms. The Bertz CT molecular complexity index is 1270. The van der Waals surface area contributed by atoms with E-state index in [0.717, 1.165) is 22.2 Å². The zero-order valence-corrected chi connectivity index (χ0v) is 21.6. The van der Waals surface area contributed by atoms with Gasteiger partial charge in [0.05, 0.1) is 33.8 Å². The first-order chi connectivity index (χ1) is 17.1. The Morgan fingerprint density at radius 2 is 1.47 bits per heavy atom. The van der Waals surface area contributed by atoms with E-state index < -0.39 is 45.9 Å². The van der Waals surface area contributed by atoms with Crippen LogP contribution in [0.4, 0.5) is 11.4 Å². The number of carbonyl (C=O) groups is 3. The minimum atomic E-state index is -0.775. The second kappa shape index (κ2) is 9.04. The predicted molar refractivity (Wildman–Crippen MR) is 132 cm³/mol. The van der Waals surface area contributed by atoms with Crippen LogP contribution >= 0.6 is 31.9 Å². The number of carbonyl (C=O) groups excluding carboxylic acids is 3. The summed E-state index contributed by atoms with van der Waals surface area (Å²) in [5.41, 5.74) is -0.367. The van der Waals surface area contributed by atoms with E-state index in [2.05, 4.69) is 31.9 Å². The molecule has 1 aliphatic heterocycles. The highest BCUT2D eigenvalue weighted by molar-refractivity contribution is 9.12. The Hall–Kier alpha value is -3.19. The van der Waals surface area contributed by atoms with Gasteiger partial charge in [0.2, 0.25) is 0 Å². The number of para-hydroxylation sites is 1. The number of alkyl halides is 2. The molecule has 3 aliphatic rings. The number of halogens is 2. The van der Waals surface area contributed by atoms with Crippen molar-refractivity contribution in [1.29, 1.82) is 0 Å². The van der Waals surface area contributed by atoms with E-state index in [0.29, 0.717) is 6.42 Å². The van der Waals surface area contributed by atoms with Crippen LogP contribution in [0.1, 0.15) is 22.3 Å². The Morgan fingerprint density at radius 1 is 0.917 bits per heavy atom. The van der Waals surface area contributed by atoms with Crippen molar-refractivity contribution in [3.8, 4) is 0 Å². The molecule has 2 aliphatic carbocycles. The van der Waals surface area contributed by atoms with Crippen molar-refractivity contribution in [3.05, 3.63) is 79.9 Å². The molecule has 1 saturated heterocycles. The van der Waals surface area contributed by atoms with Crippen LogP contribution in [0.15, 0.2) is 48.5 Å². The first-order valence-corrected chi connectivity index (χ1v) is 12.9. The average molecular weight is 622 g/mol. The molecule has 2 aromatic carbocycles. The van der Waals surface area contributed by atoms with Gasteiger partial charge in [0.1, 0.15) is 0 Å². The number of nitro benzene ring substituents is 2.